The van der Waals surface area contributed by atoms with E-state index in [0.29, 0.717) is 0 Å². The lowest BCUT2D eigenvalue weighted by Gasteiger charge is -2.15. The molecule has 0 bridgehead atoms. The van der Waals surface area contributed by atoms with Gasteiger partial charge in [-0.2, -0.15) is 5.26 Å². The second-order valence-corrected chi connectivity index (χ2v) is 6.16. The third-order valence-electron chi connectivity index (χ3n) is 1.79. The van der Waals surface area contributed by atoms with Crippen molar-refractivity contribution in [3.63, 3.8) is 0 Å². The molecular formula is C8H10N2O3S2. The fourth-order valence-electron chi connectivity index (χ4n) is 1.11. The number of primary sulfonamides is 1. The Bertz CT molecular complexity index is 517. The number of hydrogen-bond donors (Lipinski definition) is 2. The van der Waals surface area contributed by atoms with Crippen molar-refractivity contribution < 1.29 is 13.5 Å². The average molecular weight is 246 g/mol. The second kappa shape index (κ2) is 3.57. The van der Waals surface area contributed by atoms with Gasteiger partial charge in [-0.15, -0.1) is 11.3 Å². The van der Waals surface area contributed by atoms with Gasteiger partial charge in [0.2, 0.25) is 10.0 Å². The van der Waals surface area contributed by atoms with Crippen LogP contribution in [0.25, 0.3) is 0 Å². The number of aliphatic hydroxyl groups is 1. The molecule has 1 aromatic rings. The number of sulfonamides is 1. The van der Waals surface area contributed by atoms with Crippen LogP contribution in [0.2, 0.25) is 0 Å². The molecule has 0 spiro atoms. The van der Waals surface area contributed by atoms with Gasteiger partial charge in [-0.1, -0.05) is 0 Å². The number of hydrogen-bond acceptors (Lipinski definition) is 5. The lowest BCUT2D eigenvalue weighted by Crippen LogP contribution is -2.17. The van der Waals surface area contributed by atoms with Crippen molar-refractivity contribution in [3.8, 4) is 6.07 Å². The molecule has 3 N–H and O–H groups in total. The van der Waals surface area contributed by atoms with Crippen LogP contribution in [0.1, 0.15) is 25.0 Å². The van der Waals surface area contributed by atoms with E-state index in [9.17, 15) is 13.5 Å². The first-order chi connectivity index (χ1) is 6.68. The molecule has 7 heteroatoms. The summed E-state index contributed by atoms with van der Waals surface area (Å²) in [5, 5.41) is 24.9. The molecule has 5 nitrogen and oxygen atoms in total. The van der Waals surface area contributed by atoms with Crippen molar-refractivity contribution in [2.24, 2.45) is 5.14 Å². The van der Waals surface area contributed by atoms with Crippen molar-refractivity contribution in [1.29, 1.82) is 5.26 Å². The Morgan fingerprint density at radius 3 is 2.47 bits per heavy atom. The minimum atomic E-state index is -3.90. The van der Waals surface area contributed by atoms with Gasteiger partial charge in [0.15, 0.2) is 4.21 Å². The highest BCUT2D eigenvalue weighted by atomic mass is 32.2. The van der Waals surface area contributed by atoms with E-state index >= 15 is 0 Å². The summed E-state index contributed by atoms with van der Waals surface area (Å²) < 4.78 is 22.0. The lowest BCUT2D eigenvalue weighted by atomic mass is 9.98. The first-order valence-corrected chi connectivity index (χ1v) is 6.37. The maximum Gasteiger partial charge on any atom is 0.248 e. The van der Waals surface area contributed by atoms with Crippen LogP contribution in [-0.4, -0.2) is 13.5 Å². The van der Waals surface area contributed by atoms with Crippen LogP contribution >= 0.6 is 11.3 Å². The van der Waals surface area contributed by atoms with Crippen LogP contribution in [0.5, 0.6) is 0 Å². The highest BCUT2D eigenvalue weighted by molar-refractivity contribution is 7.91. The van der Waals surface area contributed by atoms with Gasteiger partial charge in [0.05, 0.1) is 11.2 Å². The van der Waals surface area contributed by atoms with Gasteiger partial charge in [-0.25, -0.2) is 13.6 Å². The Kier molecular flexibility index (Phi) is 2.89. The van der Waals surface area contributed by atoms with Crippen LogP contribution in [-0.2, 0) is 15.6 Å². The summed E-state index contributed by atoms with van der Waals surface area (Å²) >= 11 is 0.839. The average Bonchev–Trinajstić information content (AvgIpc) is 2.43. The monoisotopic (exact) mass is 246 g/mol. The Morgan fingerprint density at radius 2 is 2.13 bits per heavy atom. The van der Waals surface area contributed by atoms with Crippen molar-refractivity contribution in [1.82, 2.24) is 0 Å². The van der Waals surface area contributed by atoms with Gasteiger partial charge in [0.1, 0.15) is 6.07 Å². The molecule has 1 rings (SSSR count). The van der Waals surface area contributed by atoms with E-state index in [-0.39, 0.29) is 15.3 Å². The zero-order chi connectivity index (χ0) is 11.9. The summed E-state index contributed by atoms with van der Waals surface area (Å²) in [4.78, 5) is 0. The SMILES string of the molecule is CC(C)(O)c1csc(S(N)(=O)=O)c1C#N. The van der Waals surface area contributed by atoms with Gasteiger partial charge in [-0.05, 0) is 19.2 Å². The van der Waals surface area contributed by atoms with E-state index in [1.54, 1.807) is 6.07 Å². The number of thiophene rings is 1. The Hall–Kier alpha value is -0.940. The molecule has 0 saturated carbocycles. The third kappa shape index (κ3) is 2.35. The molecule has 15 heavy (non-hydrogen) atoms. The fraction of sp³-hybridized carbons (Fsp3) is 0.375. The van der Waals surface area contributed by atoms with E-state index in [1.165, 1.54) is 19.2 Å². The van der Waals surface area contributed by atoms with E-state index in [1.807, 2.05) is 0 Å². The molecule has 0 aromatic carbocycles. The molecule has 0 amide bonds. The second-order valence-electron chi connectivity index (χ2n) is 3.53. The highest BCUT2D eigenvalue weighted by Gasteiger charge is 2.27. The summed E-state index contributed by atoms with van der Waals surface area (Å²) in [7, 11) is -3.90. The van der Waals surface area contributed by atoms with Gasteiger partial charge < -0.3 is 5.11 Å². The summed E-state index contributed by atoms with van der Waals surface area (Å²) in [6, 6.07) is 1.75. The van der Waals surface area contributed by atoms with Crippen LogP contribution in [0.15, 0.2) is 9.59 Å². The van der Waals surface area contributed by atoms with Gasteiger partial charge >= 0.3 is 0 Å². The fourth-order valence-corrected chi connectivity index (χ4v) is 3.13. The number of rotatable bonds is 2. The summed E-state index contributed by atoms with van der Waals surface area (Å²) in [5.74, 6) is 0. The summed E-state index contributed by atoms with van der Waals surface area (Å²) in [6.45, 7) is 2.95. The minimum absolute atomic E-state index is 0.0741. The largest absolute Gasteiger partial charge is 0.386 e. The van der Waals surface area contributed by atoms with E-state index in [2.05, 4.69) is 0 Å². The van der Waals surface area contributed by atoms with Crippen molar-refractivity contribution in [2.75, 3.05) is 0 Å². The Morgan fingerprint density at radius 1 is 1.60 bits per heavy atom. The molecule has 0 radical (unpaired) electrons. The molecule has 1 aromatic heterocycles. The van der Waals surface area contributed by atoms with Crippen LogP contribution < -0.4 is 5.14 Å². The van der Waals surface area contributed by atoms with Crippen molar-refractivity contribution >= 4 is 21.4 Å². The first-order valence-electron chi connectivity index (χ1n) is 3.95. The molecule has 0 aliphatic carbocycles. The normalized spacial score (nSPS) is 12.5. The number of nitrogens with two attached hydrogens (primary N) is 1. The first kappa shape index (κ1) is 12.1. The zero-order valence-corrected chi connectivity index (χ0v) is 9.82. The topological polar surface area (TPSA) is 104 Å². The third-order valence-corrected chi connectivity index (χ3v) is 4.26. The van der Waals surface area contributed by atoms with Gasteiger partial charge in [0.25, 0.3) is 0 Å². The molecule has 0 aliphatic rings. The zero-order valence-electron chi connectivity index (χ0n) is 8.18. The molecule has 1 heterocycles. The van der Waals surface area contributed by atoms with E-state index in [4.69, 9.17) is 10.4 Å². The van der Waals surface area contributed by atoms with Gasteiger partial charge in [0, 0.05) is 5.56 Å². The van der Waals surface area contributed by atoms with Crippen molar-refractivity contribution in [3.05, 3.63) is 16.5 Å². The lowest BCUT2D eigenvalue weighted by molar-refractivity contribution is 0.0786. The number of nitrogens with zero attached hydrogens (tertiary/aromatic N) is 1. The predicted molar refractivity (Wildman–Crippen MR) is 55.7 cm³/mol. The molecule has 0 saturated heterocycles. The molecule has 82 valence electrons. The predicted octanol–water partition coefficient (Wildman–Crippen LogP) is 0.495. The van der Waals surface area contributed by atoms with Crippen LogP contribution in [0.4, 0.5) is 0 Å². The van der Waals surface area contributed by atoms with E-state index in [0.717, 1.165) is 11.3 Å². The van der Waals surface area contributed by atoms with Crippen LogP contribution in [0, 0.1) is 11.3 Å². The minimum Gasteiger partial charge on any atom is -0.386 e. The summed E-state index contributed by atoms with van der Waals surface area (Å²) in [5.41, 5.74) is -1.06. The van der Waals surface area contributed by atoms with Gasteiger partial charge in [-0.3, -0.25) is 0 Å². The smallest absolute Gasteiger partial charge is 0.248 e. The quantitative estimate of drug-likeness (QED) is 0.792. The molecule has 0 aliphatic heterocycles. The standard InChI is InChI=1S/C8H10N2O3S2/c1-8(2,11)6-4-14-7(5(6)3-9)15(10,12)13/h4,11H,1-2H3,(H2,10,12,13). The molecule has 0 atom stereocenters. The molecule has 0 fully saturated rings. The number of nitriles is 1. The van der Waals surface area contributed by atoms with Crippen molar-refractivity contribution in [2.45, 2.75) is 23.7 Å². The van der Waals surface area contributed by atoms with E-state index < -0.39 is 15.6 Å². The maximum atomic E-state index is 11.1. The molecular weight excluding hydrogens is 236 g/mol. The summed E-state index contributed by atoms with van der Waals surface area (Å²) in [6.07, 6.45) is 0. The molecule has 0 unspecified atom stereocenters. The Labute approximate surface area is 91.8 Å². The Balaban J connectivity index is 3.53. The maximum absolute atomic E-state index is 11.1. The van der Waals surface area contributed by atoms with Crippen LogP contribution in [0.3, 0.4) is 0 Å². The highest BCUT2D eigenvalue weighted by Crippen LogP contribution is 2.32.